The molecule has 6 heteroatoms. The predicted molar refractivity (Wildman–Crippen MR) is 112 cm³/mol. The quantitative estimate of drug-likeness (QED) is 0.632. The van der Waals surface area contributed by atoms with E-state index in [1.807, 2.05) is 38.1 Å². The van der Waals surface area contributed by atoms with Crippen molar-refractivity contribution in [3.8, 4) is 0 Å². The second kappa shape index (κ2) is 8.67. The van der Waals surface area contributed by atoms with Gasteiger partial charge in [-0.3, -0.25) is 14.6 Å². The maximum atomic E-state index is 12.6. The predicted octanol–water partition coefficient (Wildman–Crippen LogP) is 5.11. The van der Waals surface area contributed by atoms with Crippen molar-refractivity contribution in [2.45, 2.75) is 20.3 Å². The third-order valence-corrected chi connectivity index (χ3v) is 4.58. The third-order valence-electron chi connectivity index (χ3n) is 4.35. The number of rotatable bonds is 5. The molecule has 0 saturated heterocycles. The fourth-order valence-electron chi connectivity index (χ4n) is 2.80. The number of hydrogen-bond donors (Lipinski definition) is 2. The number of anilines is 2. The fraction of sp³-hybridized carbons (Fsp3) is 0.136. The van der Waals surface area contributed by atoms with Crippen molar-refractivity contribution in [1.29, 1.82) is 0 Å². The van der Waals surface area contributed by atoms with E-state index in [2.05, 4.69) is 15.6 Å². The lowest BCUT2D eigenvalue weighted by Gasteiger charge is -2.11. The monoisotopic (exact) mass is 393 g/mol. The van der Waals surface area contributed by atoms with Gasteiger partial charge in [-0.05, 0) is 54.8 Å². The summed E-state index contributed by atoms with van der Waals surface area (Å²) in [7, 11) is 0. The van der Waals surface area contributed by atoms with Crippen molar-refractivity contribution < 1.29 is 9.59 Å². The van der Waals surface area contributed by atoms with Crippen LogP contribution in [0, 0.1) is 6.92 Å². The molecule has 0 spiro atoms. The van der Waals surface area contributed by atoms with E-state index in [4.69, 9.17) is 11.6 Å². The van der Waals surface area contributed by atoms with Crippen LogP contribution in [0.2, 0.25) is 5.02 Å². The average molecular weight is 394 g/mol. The number of nitrogens with zero attached hydrogens (tertiary/aromatic N) is 1. The molecule has 1 aromatic heterocycles. The first-order valence-electron chi connectivity index (χ1n) is 8.89. The highest BCUT2D eigenvalue weighted by Crippen LogP contribution is 2.21. The van der Waals surface area contributed by atoms with Crippen LogP contribution in [-0.4, -0.2) is 16.8 Å². The highest BCUT2D eigenvalue weighted by molar-refractivity contribution is 6.30. The molecule has 0 radical (unpaired) electrons. The molecule has 0 saturated carbocycles. The number of nitrogens with one attached hydrogen (secondary N) is 2. The van der Waals surface area contributed by atoms with Crippen LogP contribution in [0.4, 0.5) is 11.4 Å². The zero-order valence-corrected chi connectivity index (χ0v) is 16.4. The maximum absolute atomic E-state index is 12.6. The third kappa shape index (κ3) is 4.56. The van der Waals surface area contributed by atoms with Gasteiger partial charge in [-0.25, -0.2) is 0 Å². The minimum absolute atomic E-state index is 0.297. The highest BCUT2D eigenvalue weighted by atomic mass is 35.5. The number of pyridine rings is 1. The first-order chi connectivity index (χ1) is 13.5. The van der Waals surface area contributed by atoms with Crippen molar-refractivity contribution in [2.75, 3.05) is 10.6 Å². The van der Waals surface area contributed by atoms with Crippen LogP contribution < -0.4 is 10.6 Å². The van der Waals surface area contributed by atoms with E-state index < -0.39 is 0 Å². The molecule has 3 aromatic rings. The molecule has 0 atom stereocenters. The molecule has 0 aliphatic carbocycles. The molecule has 28 heavy (non-hydrogen) atoms. The summed E-state index contributed by atoms with van der Waals surface area (Å²) < 4.78 is 0. The van der Waals surface area contributed by atoms with E-state index in [0.717, 1.165) is 23.2 Å². The summed E-state index contributed by atoms with van der Waals surface area (Å²) in [4.78, 5) is 29.2. The number of hydrogen-bond acceptors (Lipinski definition) is 3. The van der Waals surface area contributed by atoms with Crippen molar-refractivity contribution in [1.82, 2.24) is 4.98 Å². The molecule has 142 valence electrons. The number of carbonyl (C=O) groups excluding carboxylic acids is 2. The Kier molecular flexibility index (Phi) is 6.06. The minimum atomic E-state index is -0.346. The van der Waals surface area contributed by atoms with Gasteiger partial charge in [-0.1, -0.05) is 36.7 Å². The Balaban J connectivity index is 1.77. The van der Waals surface area contributed by atoms with Gasteiger partial charge in [0.1, 0.15) is 0 Å². The molecule has 2 amide bonds. The van der Waals surface area contributed by atoms with Crippen LogP contribution in [0.15, 0.2) is 60.9 Å². The normalized spacial score (nSPS) is 10.4. The molecule has 1 heterocycles. The van der Waals surface area contributed by atoms with Gasteiger partial charge in [0.2, 0.25) is 0 Å². The summed E-state index contributed by atoms with van der Waals surface area (Å²) in [6.07, 6.45) is 3.67. The van der Waals surface area contributed by atoms with Gasteiger partial charge in [0, 0.05) is 28.8 Å². The number of carbonyl (C=O) groups is 2. The van der Waals surface area contributed by atoms with Gasteiger partial charge in [-0.15, -0.1) is 0 Å². The van der Waals surface area contributed by atoms with Gasteiger partial charge in [0.05, 0.1) is 11.1 Å². The summed E-state index contributed by atoms with van der Waals surface area (Å²) in [6.45, 7) is 3.88. The lowest BCUT2D eigenvalue weighted by molar-refractivity contribution is 0.102. The molecule has 0 aliphatic rings. The van der Waals surface area contributed by atoms with E-state index in [1.54, 1.807) is 18.2 Å². The molecular formula is C22H20ClN3O2. The average Bonchev–Trinajstić information content (AvgIpc) is 2.70. The zero-order valence-electron chi connectivity index (χ0n) is 15.6. The molecule has 0 fully saturated rings. The van der Waals surface area contributed by atoms with Crippen LogP contribution in [0.1, 0.15) is 38.8 Å². The van der Waals surface area contributed by atoms with Gasteiger partial charge in [0.25, 0.3) is 11.8 Å². The molecule has 2 N–H and O–H groups in total. The molecule has 0 unspecified atom stereocenters. The van der Waals surface area contributed by atoms with Gasteiger partial charge < -0.3 is 10.6 Å². The lowest BCUT2D eigenvalue weighted by Crippen LogP contribution is -2.17. The van der Waals surface area contributed by atoms with Crippen molar-refractivity contribution >= 4 is 34.8 Å². The van der Waals surface area contributed by atoms with Gasteiger partial charge in [0.15, 0.2) is 0 Å². The van der Waals surface area contributed by atoms with E-state index in [1.165, 1.54) is 18.5 Å². The van der Waals surface area contributed by atoms with Crippen molar-refractivity contribution in [3.63, 3.8) is 0 Å². The molecule has 0 aliphatic heterocycles. The first-order valence-corrected chi connectivity index (χ1v) is 9.27. The Labute approximate surface area is 168 Å². The van der Waals surface area contributed by atoms with Crippen LogP contribution in [0.5, 0.6) is 0 Å². The largest absolute Gasteiger partial charge is 0.322 e. The van der Waals surface area contributed by atoms with E-state index in [0.29, 0.717) is 21.8 Å². The summed E-state index contributed by atoms with van der Waals surface area (Å²) >= 11 is 5.95. The molecule has 5 nitrogen and oxygen atoms in total. The Morgan fingerprint density at radius 3 is 2.21 bits per heavy atom. The van der Waals surface area contributed by atoms with E-state index in [9.17, 15) is 9.59 Å². The minimum Gasteiger partial charge on any atom is -0.322 e. The number of amides is 2. The number of para-hydroxylation sites is 1. The van der Waals surface area contributed by atoms with Crippen LogP contribution in [0.25, 0.3) is 0 Å². The SMILES string of the molecule is CCc1ccccc1NC(=O)c1cncc(C(=O)Nc2ccc(Cl)cc2C)c1. The number of halogens is 1. The summed E-state index contributed by atoms with van der Waals surface area (Å²) in [5, 5.41) is 6.30. The van der Waals surface area contributed by atoms with Crippen LogP contribution in [0.3, 0.4) is 0 Å². The van der Waals surface area contributed by atoms with Crippen LogP contribution in [-0.2, 0) is 6.42 Å². The Morgan fingerprint density at radius 2 is 1.57 bits per heavy atom. The smallest absolute Gasteiger partial charge is 0.257 e. The Morgan fingerprint density at radius 1 is 0.929 bits per heavy atom. The second-order valence-electron chi connectivity index (χ2n) is 6.34. The van der Waals surface area contributed by atoms with Gasteiger partial charge >= 0.3 is 0 Å². The lowest BCUT2D eigenvalue weighted by atomic mass is 10.1. The Hall–Kier alpha value is -3.18. The van der Waals surface area contributed by atoms with Crippen molar-refractivity contribution in [2.24, 2.45) is 0 Å². The molecule has 3 rings (SSSR count). The second-order valence-corrected chi connectivity index (χ2v) is 6.78. The molecule has 2 aromatic carbocycles. The van der Waals surface area contributed by atoms with E-state index >= 15 is 0 Å². The van der Waals surface area contributed by atoms with E-state index in [-0.39, 0.29) is 11.8 Å². The number of aryl methyl sites for hydroxylation is 2. The van der Waals surface area contributed by atoms with Crippen molar-refractivity contribution in [3.05, 3.63) is 88.2 Å². The first kappa shape index (κ1) is 19.6. The Bertz CT molecular complexity index is 1030. The summed E-state index contributed by atoms with van der Waals surface area (Å²) in [5.41, 5.74) is 3.90. The van der Waals surface area contributed by atoms with Gasteiger partial charge in [-0.2, -0.15) is 0 Å². The maximum Gasteiger partial charge on any atom is 0.257 e. The molecular weight excluding hydrogens is 374 g/mol. The number of benzene rings is 2. The topological polar surface area (TPSA) is 71.1 Å². The fourth-order valence-corrected chi connectivity index (χ4v) is 3.02. The standard InChI is InChI=1S/C22H20ClN3O2/c1-3-15-6-4-5-7-20(15)26-22(28)17-11-16(12-24-13-17)21(27)25-19-9-8-18(23)10-14(19)2/h4-13H,3H2,1-2H3,(H,25,27)(H,26,28). The number of aromatic nitrogens is 1. The molecule has 0 bridgehead atoms. The highest BCUT2D eigenvalue weighted by Gasteiger charge is 2.13. The zero-order chi connectivity index (χ0) is 20.1. The summed E-state index contributed by atoms with van der Waals surface area (Å²) in [6, 6.07) is 14.3. The van der Waals surface area contributed by atoms with Crippen LogP contribution >= 0.6 is 11.6 Å². The summed E-state index contributed by atoms with van der Waals surface area (Å²) in [5.74, 6) is -0.660.